The van der Waals surface area contributed by atoms with Crippen LogP contribution in [-0.4, -0.2) is 50.8 Å². The summed E-state index contributed by atoms with van der Waals surface area (Å²) >= 11 is 0. The molecule has 0 bridgehead atoms. The highest BCUT2D eigenvalue weighted by Crippen LogP contribution is 2.25. The molecular weight excluding hydrogens is 510 g/mol. The highest BCUT2D eigenvalue weighted by atomic mass is 32.2. The van der Waals surface area contributed by atoms with Gasteiger partial charge >= 0.3 is 0 Å². The first-order valence-corrected chi connectivity index (χ1v) is 14.9. The van der Waals surface area contributed by atoms with Crippen LogP contribution < -0.4 is 9.62 Å². The van der Waals surface area contributed by atoms with Gasteiger partial charge in [0.05, 0.1) is 10.6 Å². The van der Waals surface area contributed by atoms with Gasteiger partial charge in [-0.2, -0.15) is 0 Å². The second kappa shape index (κ2) is 13.9. The molecule has 0 heterocycles. The van der Waals surface area contributed by atoms with E-state index >= 15 is 0 Å². The van der Waals surface area contributed by atoms with Gasteiger partial charge in [0.2, 0.25) is 11.8 Å². The van der Waals surface area contributed by atoms with Crippen molar-refractivity contribution in [2.24, 2.45) is 0 Å². The normalized spacial score (nSPS) is 12.0. The number of hydrogen-bond acceptors (Lipinski definition) is 4. The predicted molar refractivity (Wildman–Crippen MR) is 156 cm³/mol. The van der Waals surface area contributed by atoms with Gasteiger partial charge in [0.1, 0.15) is 12.6 Å². The van der Waals surface area contributed by atoms with E-state index in [1.165, 1.54) is 4.90 Å². The number of nitrogens with zero attached hydrogens (tertiary/aromatic N) is 2. The van der Waals surface area contributed by atoms with E-state index < -0.39 is 28.5 Å². The van der Waals surface area contributed by atoms with Gasteiger partial charge in [0, 0.05) is 13.1 Å². The number of benzene rings is 3. The number of nitrogens with one attached hydrogen (secondary N) is 1. The zero-order chi connectivity index (χ0) is 28.4. The van der Waals surface area contributed by atoms with Gasteiger partial charge in [-0.15, -0.1) is 0 Å². The standard InChI is InChI=1S/C31H39N3O4S/c1-5-21-32-31(36)29(6-2)33(22-20-26-10-8-7-9-11-26)30(35)23-34(27-16-12-24(3)13-17-27)39(37,38)28-18-14-25(4)15-19-28/h7-19,29H,5-6,20-23H2,1-4H3,(H,32,36)/t29-/m0/s1. The Kier molecular flexibility index (Phi) is 10.7. The molecule has 0 saturated heterocycles. The van der Waals surface area contributed by atoms with E-state index in [9.17, 15) is 18.0 Å². The maximum absolute atomic E-state index is 14.0. The monoisotopic (exact) mass is 549 g/mol. The SMILES string of the molecule is CCCNC(=O)[C@H](CC)N(CCc1ccccc1)C(=O)CN(c1ccc(C)cc1)S(=O)(=O)c1ccc(C)cc1. The molecule has 0 spiro atoms. The molecule has 0 fully saturated rings. The topological polar surface area (TPSA) is 86.8 Å². The molecule has 1 atom stereocenters. The fourth-order valence-corrected chi connectivity index (χ4v) is 5.75. The molecule has 0 saturated carbocycles. The molecule has 0 aliphatic carbocycles. The van der Waals surface area contributed by atoms with Crippen molar-refractivity contribution in [3.05, 3.63) is 95.6 Å². The summed E-state index contributed by atoms with van der Waals surface area (Å²) in [6.07, 6.45) is 1.72. The van der Waals surface area contributed by atoms with Crippen molar-refractivity contribution in [2.75, 3.05) is 23.9 Å². The lowest BCUT2D eigenvalue weighted by Gasteiger charge is -2.33. The molecule has 0 radical (unpaired) electrons. The first-order chi connectivity index (χ1) is 18.7. The summed E-state index contributed by atoms with van der Waals surface area (Å²) in [5, 5.41) is 2.90. The van der Waals surface area contributed by atoms with E-state index in [4.69, 9.17) is 0 Å². The molecule has 3 aromatic rings. The van der Waals surface area contributed by atoms with Crippen molar-refractivity contribution < 1.29 is 18.0 Å². The molecule has 39 heavy (non-hydrogen) atoms. The first-order valence-electron chi connectivity index (χ1n) is 13.4. The Bertz CT molecular complexity index is 1320. The number of hydrogen-bond donors (Lipinski definition) is 1. The van der Waals surface area contributed by atoms with E-state index in [2.05, 4.69) is 5.32 Å². The van der Waals surface area contributed by atoms with Crippen molar-refractivity contribution in [3.63, 3.8) is 0 Å². The molecule has 0 aliphatic heterocycles. The Morgan fingerprint density at radius 1 is 0.846 bits per heavy atom. The smallest absolute Gasteiger partial charge is 0.264 e. The van der Waals surface area contributed by atoms with Crippen LogP contribution in [0, 0.1) is 13.8 Å². The Morgan fingerprint density at radius 3 is 2.00 bits per heavy atom. The van der Waals surface area contributed by atoms with Crippen molar-refractivity contribution in [1.82, 2.24) is 10.2 Å². The van der Waals surface area contributed by atoms with Crippen LogP contribution in [-0.2, 0) is 26.0 Å². The molecule has 1 N–H and O–H groups in total. The summed E-state index contributed by atoms with van der Waals surface area (Å²) in [6.45, 7) is 8.00. The lowest BCUT2D eigenvalue weighted by Crippen LogP contribution is -2.53. The second-order valence-corrected chi connectivity index (χ2v) is 11.6. The maximum atomic E-state index is 14.0. The third-order valence-electron chi connectivity index (χ3n) is 6.63. The number of sulfonamides is 1. The van der Waals surface area contributed by atoms with Crippen LogP contribution in [0.2, 0.25) is 0 Å². The van der Waals surface area contributed by atoms with E-state index in [1.807, 2.05) is 70.2 Å². The Hall–Kier alpha value is -3.65. The molecule has 3 rings (SSSR count). The highest BCUT2D eigenvalue weighted by Gasteiger charge is 2.33. The molecule has 0 aliphatic rings. The Balaban J connectivity index is 1.99. The van der Waals surface area contributed by atoms with Crippen molar-refractivity contribution >= 4 is 27.5 Å². The third-order valence-corrected chi connectivity index (χ3v) is 8.42. The fraction of sp³-hybridized carbons (Fsp3) is 0.355. The number of aryl methyl sites for hydroxylation is 2. The van der Waals surface area contributed by atoms with Gasteiger partial charge in [0.25, 0.3) is 10.0 Å². The van der Waals surface area contributed by atoms with E-state index in [0.29, 0.717) is 25.1 Å². The Labute approximate surface area is 232 Å². The summed E-state index contributed by atoms with van der Waals surface area (Å²) in [7, 11) is -4.06. The lowest BCUT2D eigenvalue weighted by molar-refractivity contribution is -0.139. The van der Waals surface area contributed by atoms with Crippen LogP contribution in [0.1, 0.15) is 43.4 Å². The van der Waals surface area contributed by atoms with Gasteiger partial charge in [-0.3, -0.25) is 13.9 Å². The molecule has 3 aromatic carbocycles. The average Bonchev–Trinajstić information content (AvgIpc) is 2.93. The van der Waals surface area contributed by atoms with Crippen LogP contribution >= 0.6 is 0 Å². The zero-order valence-electron chi connectivity index (χ0n) is 23.3. The molecule has 8 heteroatoms. The zero-order valence-corrected chi connectivity index (χ0v) is 24.1. The molecule has 7 nitrogen and oxygen atoms in total. The largest absolute Gasteiger partial charge is 0.354 e. The first kappa shape index (κ1) is 29.9. The van der Waals surface area contributed by atoms with Crippen molar-refractivity contribution in [2.45, 2.75) is 57.9 Å². The van der Waals surface area contributed by atoms with Crippen molar-refractivity contribution in [3.8, 4) is 0 Å². The van der Waals surface area contributed by atoms with Crippen LogP contribution in [0.3, 0.4) is 0 Å². The van der Waals surface area contributed by atoms with Crippen LogP contribution in [0.5, 0.6) is 0 Å². The van der Waals surface area contributed by atoms with Gasteiger partial charge in [-0.1, -0.05) is 79.6 Å². The highest BCUT2D eigenvalue weighted by molar-refractivity contribution is 7.92. The molecule has 0 unspecified atom stereocenters. The molecule has 208 valence electrons. The molecule has 0 aromatic heterocycles. The van der Waals surface area contributed by atoms with E-state index in [0.717, 1.165) is 27.4 Å². The van der Waals surface area contributed by atoms with Crippen molar-refractivity contribution in [1.29, 1.82) is 0 Å². The minimum absolute atomic E-state index is 0.102. The average molecular weight is 550 g/mol. The van der Waals surface area contributed by atoms with Crippen LogP contribution in [0.4, 0.5) is 5.69 Å². The predicted octanol–water partition coefficient (Wildman–Crippen LogP) is 4.87. The third kappa shape index (κ3) is 7.93. The number of anilines is 1. The summed E-state index contributed by atoms with van der Waals surface area (Å²) in [4.78, 5) is 28.7. The number of amides is 2. The molecule has 2 amide bonds. The minimum Gasteiger partial charge on any atom is -0.354 e. The number of rotatable bonds is 13. The van der Waals surface area contributed by atoms with E-state index in [1.54, 1.807) is 36.4 Å². The summed E-state index contributed by atoms with van der Waals surface area (Å²) in [5.41, 5.74) is 3.33. The second-order valence-electron chi connectivity index (χ2n) is 9.70. The van der Waals surface area contributed by atoms with E-state index in [-0.39, 0.29) is 17.3 Å². The van der Waals surface area contributed by atoms with Gasteiger partial charge < -0.3 is 10.2 Å². The van der Waals surface area contributed by atoms with Gasteiger partial charge in [-0.25, -0.2) is 8.42 Å². The van der Waals surface area contributed by atoms with Crippen LogP contribution in [0.25, 0.3) is 0 Å². The summed E-state index contributed by atoms with van der Waals surface area (Å²) in [6, 6.07) is 22.6. The summed E-state index contributed by atoms with van der Waals surface area (Å²) < 4.78 is 28.9. The number of carbonyl (C=O) groups is 2. The van der Waals surface area contributed by atoms with Crippen LogP contribution in [0.15, 0.2) is 83.8 Å². The lowest BCUT2D eigenvalue weighted by atomic mass is 10.1. The maximum Gasteiger partial charge on any atom is 0.264 e. The fourth-order valence-electron chi connectivity index (χ4n) is 4.34. The van der Waals surface area contributed by atoms with Gasteiger partial charge in [0.15, 0.2) is 0 Å². The Morgan fingerprint density at radius 2 is 1.44 bits per heavy atom. The van der Waals surface area contributed by atoms with Gasteiger partial charge in [-0.05, 0) is 62.9 Å². The molecular formula is C31H39N3O4S. The number of carbonyl (C=O) groups excluding carboxylic acids is 2. The summed E-state index contributed by atoms with van der Waals surface area (Å²) in [5.74, 6) is -0.662. The quantitative estimate of drug-likeness (QED) is 0.329. The minimum atomic E-state index is -4.06.